The van der Waals surface area contributed by atoms with Gasteiger partial charge in [-0.3, -0.25) is 0 Å². The predicted octanol–water partition coefficient (Wildman–Crippen LogP) is 3.44. The Morgan fingerprint density at radius 2 is 2.33 bits per heavy atom. The molecular weight excluding hydrogens is 250 g/mol. The van der Waals surface area contributed by atoms with Crippen LogP contribution in [0.4, 0.5) is 0 Å². The van der Waals surface area contributed by atoms with E-state index in [4.69, 9.17) is 11.6 Å². The minimum absolute atomic E-state index is 0.00569. The molecule has 0 aliphatic rings. The quantitative estimate of drug-likeness (QED) is 0.914. The van der Waals surface area contributed by atoms with Gasteiger partial charge in [0.15, 0.2) is 4.34 Å². The van der Waals surface area contributed by atoms with Crippen LogP contribution in [0.1, 0.15) is 5.56 Å². The first kappa shape index (κ1) is 11.0. The SMILES string of the molecule is OCc1cccc(Cl)c1Sc1nccs1. The Bertz CT molecular complexity index is 445. The molecular formula is C10H8ClNOS2. The first-order chi connectivity index (χ1) is 7.31. The minimum atomic E-state index is -0.00569. The summed E-state index contributed by atoms with van der Waals surface area (Å²) in [5.41, 5.74) is 0.836. The molecule has 0 unspecified atom stereocenters. The highest BCUT2D eigenvalue weighted by Gasteiger charge is 2.09. The van der Waals surface area contributed by atoms with Gasteiger partial charge in [-0.15, -0.1) is 11.3 Å². The fourth-order valence-electron chi connectivity index (χ4n) is 1.14. The van der Waals surface area contributed by atoms with Crippen molar-refractivity contribution >= 4 is 34.7 Å². The summed E-state index contributed by atoms with van der Waals surface area (Å²) in [4.78, 5) is 5.06. The van der Waals surface area contributed by atoms with Crippen LogP contribution < -0.4 is 0 Å². The van der Waals surface area contributed by atoms with Crippen LogP contribution >= 0.6 is 34.7 Å². The molecule has 0 aliphatic carbocycles. The second kappa shape index (κ2) is 4.99. The minimum Gasteiger partial charge on any atom is -0.392 e. The van der Waals surface area contributed by atoms with Crippen molar-refractivity contribution in [2.45, 2.75) is 15.8 Å². The molecule has 0 saturated carbocycles. The lowest BCUT2D eigenvalue weighted by molar-refractivity contribution is 0.279. The van der Waals surface area contributed by atoms with Gasteiger partial charge in [0.25, 0.3) is 0 Å². The molecule has 78 valence electrons. The Labute approximate surface area is 101 Å². The first-order valence-electron chi connectivity index (χ1n) is 4.27. The van der Waals surface area contributed by atoms with Crippen LogP contribution in [0.15, 0.2) is 39.0 Å². The normalized spacial score (nSPS) is 10.5. The summed E-state index contributed by atoms with van der Waals surface area (Å²) in [5, 5.41) is 11.8. The van der Waals surface area contributed by atoms with E-state index in [0.29, 0.717) is 5.02 Å². The van der Waals surface area contributed by atoms with Gasteiger partial charge < -0.3 is 5.11 Å². The maximum absolute atomic E-state index is 9.18. The second-order valence-corrected chi connectivity index (χ2v) is 5.35. The first-order valence-corrected chi connectivity index (χ1v) is 6.34. The van der Waals surface area contributed by atoms with Crippen LogP contribution in [0.25, 0.3) is 0 Å². The maximum Gasteiger partial charge on any atom is 0.154 e. The third-order valence-corrected chi connectivity index (χ3v) is 4.31. The number of aromatic nitrogens is 1. The molecule has 0 radical (unpaired) electrons. The van der Waals surface area contributed by atoms with E-state index in [1.165, 1.54) is 11.8 Å². The molecule has 0 saturated heterocycles. The molecule has 1 heterocycles. The number of hydrogen-bond acceptors (Lipinski definition) is 4. The molecule has 1 aromatic heterocycles. The third kappa shape index (κ3) is 2.52. The second-order valence-electron chi connectivity index (χ2n) is 2.79. The lowest BCUT2D eigenvalue weighted by atomic mass is 10.2. The van der Waals surface area contributed by atoms with E-state index in [1.807, 2.05) is 23.6 Å². The molecule has 2 aromatic rings. The Hall–Kier alpha value is -0.550. The Morgan fingerprint density at radius 1 is 1.47 bits per heavy atom. The van der Waals surface area contributed by atoms with Crippen molar-refractivity contribution in [2.75, 3.05) is 0 Å². The number of thiazole rings is 1. The van der Waals surface area contributed by atoms with Crippen LogP contribution in [-0.2, 0) is 6.61 Å². The Kier molecular flexibility index (Phi) is 3.64. The number of benzene rings is 1. The Balaban J connectivity index is 2.34. The number of nitrogens with zero attached hydrogens (tertiary/aromatic N) is 1. The molecule has 2 nitrogen and oxygen atoms in total. The van der Waals surface area contributed by atoms with Gasteiger partial charge in [0, 0.05) is 16.5 Å². The van der Waals surface area contributed by atoms with Crippen LogP contribution in [0.5, 0.6) is 0 Å². The molecule has 0 bridgehead atoms. The molecule has 0 amide bonds. The van der Waals surface area contributed by atoms with E-state index in [0.717, 1.165) is 14.8 Å². The molecule has 1 N–H and O–H groups in total. The molecule has 0 fully saturated rings. The van der Waals surface area contributed by atoms with Gasteiger partial charge in [-0.2, -0.15) is 0 Å². The molecule has 0 aliphatic heterocycles. The molecule has 15 heavy (non-hydrogen) atoms. The molecule has 5 heteroatoms. The zero-order valence-corrected chi connectivity index (χ0v) is 10.1. The fourth-order valence-corrected chi connectivity index (χ4v) is 3.14. The lowest BCUT2D eigenvalue weighted by Gasteiger charge is -2.06. The predicted molar refractivity (Wildman–Crippen MR) is 63.6 cm³/mol. The van der Waals surface area contributed by atoms with Crippen molar-refractivity contribution in [1.82, 2.24) is 4.98 Å². The van der Waals surface area contributed by atoms with Crippen molar-refractivity contribution in [3.63, 3.8) is 0 Å². The smallest absolute Gasteiger partial charge is 0.154 e. The van der Waals surface area contributed by atoms with Crippen LogP contribution in [-0.4, -0.2) is 10.1 Å². The summed E-state index contributed by atoms with van der Waals surface area (Å²) in [7, 11) is 0. The number of rotatable bonds is 3. The van der Waals surface area contributed by atoms with Gasteiger partial charge in [0.05, 0.1) is 11.6 Å². The molecule has 1 aromatic carbocycles. The van der Waals surface area contributed by atoms with E-state index in [-0.39, 0.29) is 6.61 Å². The van der Waals surface area contributed by atoms with Crippen molar-refractivity contribution in [3.05, 3.63) is 40.4 Å². The van der Waals surface area contributed by atoms with Crippen molar-refractivity contribution < 1.29 is 5.11 Å². The number of halogens is 1. The average Bonchev–Trinajstić information content (AvgIpc) is 2.74. The third-order valence-electron chi connectivity index (χ3n) is 1.82. The summed E-state index contributed by atoms with van der Waals surface area (Å²) in [6.45, 7) is -0.00569. The Morgan fingerprint density at radius 3 is 3.00 bits per heavy atom. The largest absolute Gasteiger partial charge is 0.392 e. The highest BCUT2D eigenvalue weighted by atomic mass is 35.5. The zero-order chi connectivity index (χ0) is 10.7. The summed E-state index contributed by atoms with van der Waals surface area (Å²) in [6.07, 6.45) is 1.75. The summed E-state index contributed by atoms with van der Waals surface area (Å²) < 4.78 is 0.929. The van der Waals surface area contributed by atoms with Crippen molar-refractivity contribution in [1.29, 1.82) is 0 Å². The van der Waals surface area contributed by atoms with Crippen LogP contribution in [0, 0.1) is 0 Å². The number of aliphatic hydroxyl groups excluding tert-OH is 1. The summed E-state index contributed by atoms with van der Waals surface area (Å²) >= 11 is 9.11. The van der Waals surface area contributed by atoms with Gasteiger partial charge in [0.1, 0.15) is 0 Å². The van der Waals surface area contributed by atoms with E-state index < -0.39 is 0 Å². The van der Waals surface area contributed by atoms with E-state index in [9.17, 15) is 5.11 Å². The fraction of sp³-hybridized carbons (Fsp3) is 0.100. The van der Waals surface area contributed by atoms with Crippen molar-refractivity contribution in [3.8, 4) is 0 Å². The highest BCUT2D eigenvalue weighted by molar-refractivity contribution is 8.01. The molecule has 0 atom stereocenters. The van der Waals surface area contributed by atoms with Gasteiger partial charge in [-0.25, -0.2) is 4.98 Å². The number of aliphatic hydroxyl groups is 1. The lowest BCUT2D eigenvalue weighted by Crippen LogP contribution is -1.87. The van der Waals surface area contributed by atoms with Crippen molar-refractivity contribution in [2.24, 2.45) is 0 Å². The molecule has 2 rings (SSSR count). The highest BCUT2D eigenvalue weighted by Crippen LogP contribution is 2.36. The van der Waals surface area contributed by atoms with E-state index >= 15 is 0 Å². The number of hydrogen-bond donors (Lipinski definition) is 1. The maximum atomic E-state index is 9.18. The van der Waals surface area contributed by atoms with Gasteiger partial charge in [-0.1, -0.05) is 35.5 Å². The monoisotopic (exact) mass is 257 g/mol. The van der Waals surface area contributed by atoms with Gasteiger partial charge in [0.2, 0.25) is 0 Å². The van der Waals surface area contributed by atoms with Gasteiger partial charge >= 0.3 is 0 Å². The van der Waals surface area contributed by atoms with E-state index in [2.05, 4.69) is 4.98 Å². The summed E-state index contributed by atoms with van der Waals surface area (Å²) in [5.74, 6) is 0. The van der Waals surface area contributed by atoms with E-state index in [1.54, 1.807) is 17.5 Å². The summed E-state index contributed by atoms with van der Waals surface area (Å²) in [6, 6.07) is 5.51. The molecule has 0 spiro atoms. The van der Waals surface area contributed by atoms with Crippen LogP contribution in [0.2, 0.25) is 5.02 Å². The zero-order valence-electron chi connectivity index (χ0n) is 7.68. The standard InChI is InChI=1S/C10H8ClNOS2/c11-8-3-1-2-7(6-13)9(8)15-10-12-4-5-14-10/h1-5,13H,6H2. The van der Waals surface area contributed by atoms with Gasteiger partial charge in [-0.05, 0) is 11.6 Å². The average molecular weight is 258 g/mol. The topological polar surface area (TPSA) is 33.1 Å². The van der Waals surface area contributed by atoms with Crippen LogP contribution in [0.3, 0.4) is 0 Å².